The molecule has 0 radical (unpaired) electrons. The summed E-state index contributed by atoms with van der Waals surface area (Å²) in [5.74, 6) is 1.24. The first-order valence-corrected chi connectivity index (χ1v) is 6.40. The maximum absolute atomic E-state index is 5.69. The summed E-state index contributed by atoms with van der Waals surface area (Å²) >= 11 is 0. The van der Waals surface area contributed by atoms with Gasteiger partial charge in [-0.1, -0.05) is 25.9 Å². The van der Waals surface area contributed by atoms with Gasteiger partial charge in [-0.2, -0.15) is 0 Å². The number of aromatic nitrogens is 2. The van der Waals surface area contributed by atoms with Crippen molar-refractivity contribution in [3.05, 3.63) is 5.89 Å². The van der Waals surface area contributed by atoms with Crippen LogP contribution in [0.2, 0.25) is 0 Å². The van der Waals surface area contributed by atoms with Gasteiger partial charge in [0.05, 0.1) is 6.04 Å². The van der Waals surface area contributed by atoms with E-state index >= 15 is 0 Å². The Bertz CT molecular complexity index is 324. The Hall–Kier alpha value is -1.10. The molecule has 1 N–H and O–H groups in total. The van der Waals surface area contributed by atoms with Crippen LogP contribution in [0.3, 0.4) is 0 Å². The van der Waals surface area contributed by atoms with E-state index in [1.54, 1.807) is 0 Å². The van der Waals surface area contributed by atoms with Crippen LogP contribution in [-0.2, 0) is 0 Å². The fourth-order valence-electron chi connectivity index (χ4n) is 1.71. The Morgan fingerprint density at radius 2 is 1.94 bits per heavy atom. The van der Waals surface area contributed by atoms with Crippen molar-refractivity contribution in [2.75, 3.05) is 24.5 Å². The van der Waals surface area contributed by atoms with E-state index in [9.17, 15) is 0 Å². The Morgan fingerprint density at radius 1 is 1.24 bits per heavy atom. The summed E-state index contributed by atoms with van der Waals surface area (Å²) in [6, 6.07) is 0.736. The molecule has 0 aliphatic heterocycles. The lowest BCUT2D eigenvalue weighted by Gasteiger charge is -2.19. The fraction of sp³-hybridized carbons (Fsp3) is 0.833. The molecule has 0 aromatic carbocycles. The van der Waals surface area contributed by atoms with E-state index in [1.807, 2.05) is 6.92 Å². The summed E-state index contributed by atoms with van der Waals surface area (Å²) < 4.78 is 5.69. The van der Waals surface area contributed by atoms with Gasteiger partial charge in [-0.15, -0.1) is 5.10 Å². The molecule has 0 bridgehead atoms. The van der Waals surface area contributed by atoms with Crippen molar-refractivity contribution in [1.82, 2.24) is 15.5 Å². The molecule has 0 saturated carbocycles. The zero-order valence-corrected chi connectivity index (χ0v) is 11.5. The maximum atomic E-state index is 5.69. The van der Waals surface area contributed by atoms with E-state index in [1.165, 1.54) is 0 Å². The lowest BCUT2D eigenvalue weighted by Crippen LogP contribution is -2.27. The molecule has 1 rings (SSSR count). The van der Waals surface area contributed by atoms with Gasteiger partial charge >= 0.3 is 6.01 Å². The van der Waals surface area contributed by atoms with Gasteiger partial charge in [0.1, 0.15) is 0 Å². The van der Waals surface area contributed by atoms with Gasteiger partial charge in [-0.3, -0.25) is 0 Å². The summed E-state index contributed by atoms with van der Waals surface area (Å²) in [6.45, 7) is 13.3. The summed E-state index contributed by atoms with van der Waals surface area (Å²) in [5, 5.41) is 11.5. The summed E-state index contributed by atoms with van der Waals surface area (Å²) in [7, 11) is 0. The van der Waals surface area contributed by atoms with Gasteiger partial charge in [-0.25, -0.2) is 0 Å². The standard InChI is InChI=1S/C12H24N4O/c1-6-13-10(5)11-14-15-12(17-11)16(7-2)8-9(3)4/h9-10,13H,6-8H2,1-5H3. The van der Waals surface area contributed by atoms with Crippen molar-refractivity contribution in [3.8, 4) is 0 Å². The molecule has 5 nitrogen and oxygen atoms in total. The van der Waals surface area contributed by atoms with Crippen LogP contribution in [0.1, 0.15) is 46.6 Å². The highest BCUT2D eigenvalue weighted by molar-refractivity contribution is 5.23. The average Bonchev–Trinajstić information content (AvgIpc) is 2.75. The predicted octanol–water partition coefficient (Wildman–Crippen LogP) is 2.22. The van der Waals surface area contributed by atoms with Gasteiger partial charge in [0.15, 0.2) is 0 Å². The van der Waals surface area contributed by atoms with Crippen LogP contribution in [0, 0.1) is 5.92 Å². The van der Waals surface area contributed by atoms with Gasteiger partial charge in [0, 0.05) is 13.1 Å². The molecule has 0 fully saturated rings. The molecule has 1 unspecified atom stereocenters. The van der Waals surface area contributed by atoms with E-state index < -0.39 is 0 Å². The van der Waals surface area contributed by atoms with E-state index in [0.717, 1.165) is 19.6 Å². The molecule has 1 aromatic heterocycles. The monoisotopic (exact) mass is 240 g/mol. The van der Waals surface area contributed by atoms with Crippen molar-refractivity contribution in [2.45, 2.75) is 40.7 Å². The van der Waals surface area contributed by atoms with Crippen LogP contribution in [0.5, 0.6) is 0 Å². The first-order valence-electron chi connectivity index (χ1n) is 6.40. The summed E-state index contributed by atoms with van der Waals surface area (Å²) in [4.78, 5) is 2.11. The smallest absolute Gasteiger partial charge is 0.318 e. The van der Waals surface area contributed by atoms with Gasteiger partial charge < -0.3 is 14.6 Å². The van der Waals surface area contributed by atoms with Gasteiger partial charge in [0.25, 0.3) is 0 Å². The lowest BCUT2D eigenvalue weighted by atomic mass is 10.2. The molecule has 5 heteroatoms. The molecular formula is C12H24N4O. The summed E-state index contributed by atoms with van der Waals surface area (Å²) in [6.07, 6.45) is 0. The zero-order valence-electron chi connectivity index (χ0n) is 11.5. The maximum Gasteiger partial charge on any atom is 0.318 e. The van der Waals surface area contributed by atoms with Crippen LogP contribution in [0.4, 0.5) is 6.01 Å². The number of hydrogen-bond acceptors (Lipinski definition) is 5. The van der Waals surface area contributed by atoms with Crippen LogP contribution in [0.15, 0.2) is 4.42 Å². The minimum absolute atomic E-state index is 0.110. The second-order valence-electron chi connectivity index (χ2n) is 4.63. The SMILES string of the molecule is CCNC(C)c1nnc(N(CC)CC(C)C)o1. The average molecular weight is 240 g/mol. The Balaban J connectivity index is 2.71. The Morgan fingerprint density at radius 3 is 2.47 bits per heavy atom. The van der Waals surface area contributed by atoms with E-state index in [0.29, 0.717) is 17.8 Å². The van der Waals surface area contributed by atoms with E-state index in [4.69, 9.17) is 4.42 Å². The number of nitrogens with zero attached hydrogens (tertiary/aromatic N) is 3. The van der Waals surface area contributed by atoms with E-state index in [2.05, 4.69) is 48.1 Å². The van der Waals surface area contributed by atoms with Crippen molar-refractivity contribution in [2.24, 2.45) is 5.92 Å². The second-order valence-corrected chi connectivity index (χ2v) is 4.63. The highest BCUT2D eigenvalue weighted by Gasteiger charge is 2.17. The molecule has 0 amide bonds. The quantitative estimate of drug-likeness (QED) is 0.792. The third-order valence-electron chi connectivity index (χ3n) is 2.55. The van der Waals surface area contributed by atoms with Crippen LogP contribution >= 0.6 is 0 Å². The highest BCUT2D eigenvalue weighted by Crippen LogP contribution is 2.17. The fourth-order valence-corrected chi connectivity index (χ4v) is 1.71. The molecule has 0 saturated heterocycles. The van der Waals surface area contributed by atoms with Crippen molar-refractivity contribution in [1.29, 1.82) is 0 Å². The number of rotatable bonds is 7. The molecule has 1 aromatic rings. The predicted molar refractivity (Wildman–Crippen MR) is 69.1 cm³/mol. The first kappa shape index (κ1) is 14.0. The lowest BCUT2D eigenvalue weighted by molar-refractivity contribution is 0.415. The minimum atomic E-state index is 0.110. The van der Waals surface area contributed by atoms with Crippen LogP contribution < -0.4 is 10.2 Å². The molecule has 17 heavy (non-hydrogen) atoms. The van der Waals surface area contributed by atoms with Gasteiger partial charge in [0.2, 0.25) is 5.89 Å². The molecule has 1 heterocycles. The molecular weight excluding hydrogens is 216 g/mol. The zero-order chi connectivity index (χ0) is 12.8. The van der Waals surface area contributed by atoms with E-state index in [-0.39, 0.29) is 6.04 Å². The minimum Gasteiger partial charge on any atom is -0.406 e. The molecule has 1 atom stereocenters. The highest BCUT2D eigenvalue weighted by atomic mass is 16.4. The Labute approximate surface area is 104 Å². The Kier molecular flexibility index (Phi) is 5.41. The molecule has 98 valence electrons. The first-order chi connectivity index (χ1) is 8.08. The summed E-state index contributed by atoms with van der Waals surface area (Å²) in [5.41, 5.74) is 0. The number of anilines is 1. The largest absolute Gasteiger partial charge is 0.406 e. The third kappa shape index (κ3) is 4.00. The van der Waals surface area contributed by atoms with Gasteiger partial charge in [-0.05, 0) is 26.3 Å². The van der Waals surface area contributed by atoms with Crippen LogP contribution in [-0.4, -0.2) is 29.8 Å². The third-order valence-corrected chi connectivity index (χ3v) is 2.55. The van der Waals surface area contributed by atoms with Crippen molar-refractivity contribution in [3.63, 3.8) is 0 Å². The van der Waals surface area contributed by atoms with Crippen LogP contribution in [0.25, 0.3) is 0 Å². The molecule has 0 spiro atoms. The second kappa shape index (κ2) is 6.59. The molecule has 0 aliphatic carbocycles. The van der Waals surface area contributed by atoms with Crippen molar-refractivity contribution >= 4 is 6.01 Å². The number of nitrogens with one attached hydrogen (secondary N) is 1. The molecule has 0 aliphatic rings. The normalized spacial score (nSPS) is 13.1. The van der Waals surface area contributed by atoms with Crippen molar-refractivity contribution < 1.29 is 4.42 Å². The number of hydrogen-bond donors (Lipinski definition) is 1. The topological polar surface area (TPSA) is 54.2 Å².